The molecule has 0 aliphatic carbocycles. The predicted molar refractivity (Wildman–Crippen MR) is 135 cm³/mol. The lowest BCUT2D eigenvalue weighted by Gasteiger charge is -2.44. The Morgan fingerprint density at radius 3 is 2.12 bits per heavy atom. The van der Waals surface area contributed by atoms with Crippen LogP contribution in [0.3, 0.4) is 0 Å². The van der Waals surface area contributed by atoms with Gasteiger partial charge in [-0.2, -0.15) is 0 Å². The first-order valence-electron chi connectivity index (χ1n) is 12.6. The smallest absolute Gasteiger partial charge is 0.407 e. The Balaban J connectivity index is 1.91. The van der Waals surface area contributed by atoms with Crippen LogP contribution in [0.2, 0.25) is 0 Å². The fourth-order valence-corrected chi connectivity index (χ4v) is 3.76. The highest BCUT2D eigenvalue weighted by molar-refractivity contribution is 5.73. The molecule has 0 unspecified atom stereocenters. The first-order chi connectivity index (χ1) is 19.1. The standard InChI is InChI=1S/C26H36N2O12/c1-16(29)28-22-24(39-19(4)32)23(38-18(3)31)21(15-36-17(2)30)40-25(22)35-13-12-34-11-10-27-26(33)37-14-20-8-6-5-7-9-20/h5-9,21-25H,10-15H2,1-4H3,(H,27,33)(H,28,29)/t21-,22-,23+,24-,25-/m1/s1. The number of amides is 2. The molecular weight excluding hydrogens is 532 g/mol. The predicted octanol–water partition coefficient (Wildman–Crippen LogP) is 0.602. The molecule has 14 nitrogen and oxygen atoms in total. The number of carbonyl (C=O) groups is 5. The van der Waals surface area contributed by atoms with Gasteiger partial charge in [0.15, 0.2) is 18.5 Å². The number of alkyl carbamates (subject to hydrolysis) is 1. The quantitative estimate of drug-likeness (QED) is 0.182. The third kappa shape index (κ3) is 12.0. The number of benzene rings is 1. The van der Waals surface area contributed by atoms with Gasteiger partial charge < -0.3 is 43.8 Å². The van der Waals surface area contributed by atoms with E-state index in [1.54, 1.807) is 0 Å². The summed E-state index contributed by atoms with van der Waals surface area (Å²) in [5, 5.41) is 5.17. The highest BCUT2D eigenvalue weighted by Crippen LogP contribution is 2.28. The van der Waals surface area contributed by atoms with E-state index in [1.165, 1.54) is 13.8 Å². The van der Waals surface area contributed by atoms with Gasteiger partial charge >= 0.3 is 24.0 Å². The summed E-state index contributed by atoms with van der Waals surface area (Å²) in [5.74, 6) is -2.50. The van der Waals surface area contributed by atoms with Gasteiger partial charge in [-0.05, 0) is 5.56 Å². The van der Waals surface area contributed by atoms with Gasteiger partial charge in [0.05, 0.1) is 19.8 Å². The number of esters is 3. The molecule has 1 fully saturated rings. The van der Waals surface area contributed by atoms with Crippen LogP contribution in [0.15, 0.2) is 30.3 Å². The number of hydrogen-bond donors (Lipinski definition) is 2. The molecule has 1 aromatic carbocycles. The van der Waals surface area contributed by atoms with Crippen LogP contribution in [0.5, 0.6) is 0 Å². The van der Waals surface area contributed by atoms with Gasteiger partial charge in [0.25, 0.3) is 0 Å². The molecule has 1 aliphatic rings. The molecule has 0 saturated carbocycles. The van der Waals surface area contributed by atoms with E-state index >= 15 is 0 Å². The fourth-order valence-electron chi connectivity index (χ4n) is 3.76. The van der Waals surface area contributed by atoms with E-state index in [9.17, 15) is 24.0 Å². The van der Waals surface area contributed by atoms with Crippen LogP contribution in [0, 0.1) is 0 Å². The highest BCUT2D eigenvalue weighted by Gasteiger charge is 2.51. The molecule has 2 rings (SSSR count). The summed E-state index contributed by atoms with van der Waals surface area (Å²) in [5.41, 5.74) is 0.860. The van der Waals surface area contributed by atoms with Crippen LogP contribution in [0.1, 0.15) is 33.3 Å². The van der Waals surface area contributed by atoms with Crippen molar-refractivity contribution in [3.05, 3.63) is 35.9 Å². The Hall–Kier alpha value is -3.75. The maximum atomic E-state index is 11.9. The monoisotopic (exact) mass is 568 g/mol. The van der Waals surface area contributed by atoms with Crippen LogP contribution < -0.4 is 10.6 Å². The van der Waals surface area contributed by atoms with Gasteiger partial charge in [-0.1, -0.05) is 30.3 Å². The summed E-state index contributed by atoms with van der Waals surface area (Å²) in [6, 6.07) is 8.17. The van der Waals surface area contributed by atoms with Crippen molar-refractivity contribution in [3.63, 3.8) is 0 Å². The van der Waals surface area contributed by atoms with Gasteiger partial charge in [0, 0.05) is 34.2 Å². The molecule has 40 heavy (non-hydrogen) atoms. The molecule has 5 atom stereocenters. The molecule has 1 aliphatic heterocycles. The summed E-state index contributed by atoms with van der Waals surface area (Å²) in [7, 11) is 0. The number of nitrogens with one attached hydrogen (secondary N) is 2. The zero-order valence-electron chi connectivity index (χ0n) is 22.9. The van der Waals surface area contributed by atoms with Gasteiger partial charge in [-0.25, -0.2) is 4.79 Å². The first kappa shape index (κ1) is 32.5. The average molecular weight is 569 g/mol. The molecular formula is C26H36N2O12. The van der Waals surface area contributed by atoms with Crippen LogP contribution in [0.4, 0.5) is 4.79 Å². The summed E-state index contributed by atoms with van der Waals surface area (Å²) in [6.07, 6.45) is -5.26. The normalized spacial score (nSPS) is 21.9. The van der Waals surface area contributed by atoms with Gasteiger partial charge in [-0.15, -0.1) is 0 Å². The van der Waals surface area contributed by atoms with E-state index in [0.717, 1.165) is 19.4 Å². The number of ether oxygens (including phenoxy) is 7. The summed E-state index contributed by atoms with van der Waals surface area (Å²) < 4.78 is 38.0. The fraction of sp³-hybridized carbons (Fsp3) is 0.577. The van der Waals surface area contributed by atoms with E-state index in [0.29, 0.717) is 0 Å². The maximum absolute atomic E-state index is 11.9. The van der Waals surface area contributed by atoms with Crippen molar-refractivity contribution in [2.24, 2.45) is 0 Å². The molecule has 2 amide bonds. The molecule has 2 N–H and O–H groups in total. The third-order valence-corrected chi connectivity index (χ3v) is 5.31. The lowest BCUT2D eigenvalue weighted by atomic mass is 9.96. The zero-order chi connectivity index (χ0) is 29.5. The Bertz CT molecular complexity index is 989. The molecule has 0 radical (unpaired) electrons. The molecule has 1 aromatic rings. The van der Waals surface area contributed by atoms with Crippen molar-refractivity contribution in [1.82, 2.24) is 10.6 Å². The van der Waals surface area contributed by atoms with E-state index in [-0.39, 0.29) is 39.6 Å². The van der Waals surface area contributed by atoms with Crippen molar-refractivity contribution in [3.8, 4) is 0 Å². The maximum Gasteiger partial charge on any atom is 0.407 e. The van der Waals surface area contributed by atoms with Crippen molar-refractivity contribution >= 4 is 29.9 Å². The van der Waals surface area contributed by atoms with E-state index in [1.807, 2.05) is 30.3 Å². The number of carbonyl (C=O) groups excluding carboxylic acids is 5. The van der Waals surface area contributed by atoms with Gasteiger partial charge in [0.2, 0.25) is 5.91 Å². The molecule has 0 spiro atoms. The number of hydrogen-bond acceptors (Lipinski definition) is 12. The second-order valence-electron chi connectivity index (χ2n) is 8.69. The van der Waals surface area contributed by atoms with Crippen molar-refractivity contribution in [2.45, 2.75) is 64.9 Å². The third-order valence-electron chi connectivity index (χ3n) is 5.31. The molecule has 0 aromatic heterocycles. The summed E-state index contributed by atoms with van der Waals surface area (Å²) in [4.78, 5) is 58.8. The Morgan fingerprint density at radius 1 is 0.825 bits per heavy atom. The van der Waals surface area contributed by atoms with Gasteiger partial charge in [0.1, 0.15) is 25.4 Å². The second-order valence-corrected chi connectivity index (χ2v) is 8.69. The Labute approximate surface area is 231 Å². The topological polar surface area (TPSA) is 174 Å². The van der Waals surface area contributed by atoms with E-state index < -0.39 is 60.6 Å². The van der Waals surface area contributed by atoms with Crippen molar-refractivity contribution in [2.75, 3.05) is 33.0 Å². The minimum atomic E-state index is -1.21. The van der Waals surface area contributed by atoms with Crippen molar-refractivity contribution < 1.29 is 57.1 Å². The molecule has 222 valence electrons. The summed E-state index contributed by atoms with van der Waals surface area (Å²) >= 11 is 0. The van der Waals surface area contributed by atoms with Gasteiger partial charge in [-0.3, -0.25) is 19.2 Å². The van der Waals surface area contributed by atoms with Crippen molar-refractivity contribution in [1.29, 1.82) is 0 Å². The van der Waals surface area contributed by atoms with Crippen LogP contribution in [-0.2, 0) is 58.9 Å². The Kier molecular flexibility index (Phi) is 13.8. The first-order valence-corrected chi connectivity index (χ1v) is 12.6. The second kappa shape index (κ2) is 17.0. The Morgan fingerprint density at radius 2 is 1.50 bits per heavy atom. The SMILES string of the molecule is CC(=O)N[C@H]1[C@H](OCCOCCNC(=O)OCc2ccccc2)O[C@H](COC(C)=O)[C@H](OC(C)=O)[C@@H]1OC(C)=O. The lowest BCUT2D eigenvalue weighted by Crippen LogP contribution is -2.66. The molecule has 1 heterocycles. The minimum absolute atomic E-state index is 0.0233. The van der Waals surface area contributed by atoms with Crippen LogP contribution >= 0.6 is 0 Å². The molecule has 14 heteroatoms. The minimum Gasteiger partial charge on any atom is -0.463 e. The number of rotatable bonds is 14. The average Bonchev–Trinajstić information content (AvgIpc) is 2.88. The van der Waals surface area contributed by atoms with Crippen LogP contribution in [0.25, 0.3) is 0 Å². The highest BCUT2D eigenvalue weighted by atomic mass is 16.7. The van der Waals surface area contributed by atoms with E-state index in [4.69, 9.17) is 33.2 Å². The zero-order valence-corrected chi connectivity index (χ0v) is 22.9. The largest absolute Gasteiger partial charge is 0.463 e. The lowest BCUT2D eigenvalue weighted by molar-refractivity contribution is -0.279. The summed E-state index contributed by atoms with van der Waals surface area (Å²) in [6.45, 7) is 4.95. The van der Waals surface area contributed by atoms with Crippen LogP contribution in [-0.4, -0.2) is 93.5 Å². The van der Waals surface area contributed by atoms with E-state index in [2.05, 4.69) is 10.6 Å². The molecule has 0 bridgehead atoms. The molecule has 1 saturated heterocycles.